The lowest BCUT2D eigenvalue weighted by molar-refractivity contribution is 0.0789. The quantitative estimate of drug-likeness (QED) is 0.816. The molecule has 0 N–H and O–H groups in total. The Kier molecular flexibility index (Phi) is 4.76. The lowest BCUT2D eigenvalue weighted by Crippen LogP contribution is -2.26. The summed E-state index contributed by atoms with van der Waals surface area (Å²) in [5, 5.41) is 6.49. The summed E-state index contributed by atoms with van der Waals surface area (Å²) in [6.45, 7) is 6.27. The van der Waals surface area contributed by atoms with Crippen LogP contribution in [0.25, 0.3) is 0 Å². The summed E-state index contributed by atoms with van der Waals surface area (Å²) in [5.41, 5.74) is 3.78. The number of nitrogens with zero attached hydrogens (tertiary/aromatic N) is 3. The molecule has 25 heavy (non-hydrogen) atoms. The summed E-state index contributed by atoms with van der Waals surface area (Å²) in [5.74, 6) is 0.376. The minimum atomic E-state index is -2.96. The van der Waals surface area contributed by atoms with Gasteiger partial charge in [0.2, 0.25) is 0 Å². The number of thiophene rings is 1. The van der Waals surface area contributed by atoms with Crippen LogP contribution in [0.1, 0.15) is 44.6 Å². The normalized spacial score (nSPS) is 19.3. The highest BCUT2D eigenvalue weighted by Crippen LogP contribution is 2.27. The Hall–Kier alpha value is -1.67. The molecular weight excluding hydrogens is 358 g/mol. The van der Waals surface area contributed by atoms with Gasteiger partial charge in [0.05, 0.1) is 28.1 Å². The number of amides is 1. The topological polar surface area (TPSA) is 72.3 Å². The van der Waals surface area contributed by atoms with Gasteiger partial charge in [0, 0.05) is 24.8 Å². The van der Waals surface area contributed by atoms with Crippen LogP contribution in [0, 0.1) is 20.8 Å². The number of hydrogen-bond donors (Lipinski definition) is 0. The number of carbonyl (C=O) groups is 1. The van der Waals surface area contributed by atoms with E-state index < -0.39 is 9.84 Å². The summed E-state index contributed by atoms with van der Waals surface area (Å²) in [7, 11) is -1.17. The highest BCUT2D eigenvalue weighted by Gasteiger charge is 2.31. The van der Waals surface area contributed by atoms with E-state index in [0.29, 0.717) is 13.0 Å². The zero-order valence-corrected chi connectivity index (χ0v) is 16.6. The van der Waals surface area contributed by atoms with E-state index in [4.69, 9.17) is 0 Å². The summed E-state index contributed by atoms with van der Waals surface area (Å²) in [6.07, 6.45) is 0.604. The maximum absolute atomic E-state index is 12.6. The molecule has 1 amide bonds. The van der Waals surface area contributed by atoms with Crippen molar-refractivity contribution in [1.82, 2.24) is 14.7 Å². The number of sulfone groups is 1. The maximum atomic E-state index is 12.6. The Morgan fingerprint density at radius 3 is 2.68 bits per heavy atom. The van der Waals surface area contributed by atoms with Crippen LogP contribution in [0.3, 0.4) is 0 Å². The molecule has 6 nitrogen and oxygen atoms in total. The molecule has 3 heterocycles. The average molecular weight is 382 g/mol. The third kappa shape index (κ3) is 3.50. The van der Waals surface area contributed by atoms with Gasteiger partial charge in [-0.05, 0) is 44.2 Å². The first-order valence-electron chi connectivity index (χ1n) is 8.24. The fourth-order valence-corrected chi connectivity index (χ4v) is 5.93. The van der Waals surface area contributed by atoms with Crippen molar-refractivity contribution in [2.45, 2.75) is 39.8 Å². The molecular formula is C17H23N3O3S2. The molecule has 136 valence electrons. The van der Waals surface area contributed by atoms with E-state index >= 15 is 0 Å². The minimum absolute atomic E-state index is 0.00231. The Balaban J connectivity index is 1.82. The molecule has 2 aromatic rings. The monoisotopic (exact) mass is 381 g/mol. The number of aromatic nitrogens is 2. The zero-order chi connectivity index (χ0) is 18.4. The van der Waals surface area contributed by atoms with Crippen LogP contribution >= 0.6 is 11.3 Å². The van der Waals surface area contributed by atoms with E-state index in [0.717, 1.165) is 27.4 Å². The first kappa shape index (κ1) is 18.1. The summed E-state index contributed by atoms with van der Waals surface area (Å²) < 4.78 is 25.3. The minimum Gasteiger partial charge on any atom is -0.337 e. The molecule has 1 aliphatic heterocycles. The van der Waals surface area contributed by atoms with E-state index in [1.165, 1.54) is 11.3 Å². The Morgan fingerprint density at radius 2 is 2.12 bits per heavy atom. The first-order valence-corrected chi connectivity index (χ1v) is 10.9. The molecule has 8 heteroatoms. The molecule has 1 fully saturated rings. The number of carbonyl (C=O) groups excluding carboxylic acids is 1. The van der Waals surface area contributed by atoms with Crippen LogP contribution < -0.4 is 0 Å². The second kappa shape index (κ2) is 6.57. The van der Waals surface area contributed by atoms with E-state index in [9.17, 15) is 13.2 Å². The molecule has 1 saturated heterocycles. The van der Waals surface area contributed by atoms with Crippen molar-refractivity contribution < 1.29 is 13.2 Å². The molecule has 0 radical (unpaired) electrons. The van der Waals surface area contributed by atoms with E-state index in [1.807, 2.05) is 36.9 Å². The fraction of sp³-hybridized carbons (Fsp3) is 0.529. The van der Waals surface area contributed by atoms with E-state index in [1.54, 1.807) is 11.9 Å². The standard InChI is InChI=1S/C17H23N3O3S2/c1-11-5-7-24-16(11)17(21)19(4)9-15-12(2)18-20(13(15)3)14-6-8-25(22,23)10-14/h5,7,14H,6,8-10H2,1-4H3. The van der Waals surface area contributed by atoms with Crippen LogP contribution in [-0.2, 0) is 16.4 Å². The predicted molar refractivity (Wildman–Crippen MR) is 98.9 cm³/mol. The van der Waals surface area contributed by atoms with Crippen molar-refractivity contribution in [3.8, 4) is 0 Å². The van der Waals surface area contributed by atoms with Crippen LogP contribution in [0.2, 0.25) is 0 Å². The Bertz CT molecular complexity index is 912. The lowest BCUT2D eigenvalue weighted by atomic mass is 10.1. The van der Waals surface area contributed by atoms with E-state index in [2.05, 4.69) is 5.10 Å². The first-order chi connectivity index (χ1) is 11.7. The molecule has 1 unspecified atom stereocenters. The van der Waals surface area contributed by atoms with Gasteiger partial charge in [0.1, 0.15) is 0 Å². The molecule has 2 aromatic heterocycles. The van der Waals surface area contributed by atoms with Crippen LogP contribution in [0.15, 0.2) is 11.4 Å². The van der Waals surface area contributed by atoms with Crippen molar-refractivity contribution in [3.63, 3.8) is 0 Å². The molecule has 0 aromatic carbocycles. The van der Waals surface area contributed by atoms with Crippen LogP contribution in [0.5, 0.6) is 0 Å². The smallest absolute Gasteiger partial charge is 0.264 e. The second-order valence-corrected chi connectivity index (χ2v) is 9.89. The van der Waals surface area contributed by atoms with Gasteiger partial charge in [-0.15, -0.1) is 11.3 Å². The van der Waals surface area contributed by atoms with Gasteiger partial charge in [-0.25, -0.2) is 8.42 Å². The SMILES string of the molecule is Cc1ccsc1C(=O)N(C)Cc1c(C)nn(C2CCS(=O)(=O)C2)c1C. The van der Waals surface area contributed by atoms with Gasteiger partial charge in [-0.1, -0.05) is 0 Å². The van der Waals surface area contributed by atoms with Gasteiger partial charge < -0.3 is 4.90 Å². The van der Waals surface area contributed by atoms with Gasteiger partial charge in [-0.3, -0.25) is 9.48 Å². The fourth-order valence-electron chi connectivity index (χ4n) is 3.32. The summed E-state index contributed by atoms with van der Waals surface area (Å²) in [6, 6.07) is 1.85. The van der Waals surface area contributed by atoms with Crippen LogP contribution in [-0.4, -0.2) is 47.6 Å². The van der Waals surface area contributed by atoms with Gasteiger partial charge in [-0.2, -0.15) is 5.10 Å². The maximum Gasteiger partial charge on any atom is 0.264 e. The molecule has 0 bridgehead atoms. The van der Waals surface area contributed by atoms with Crippen LogP contribution in [0.4, 0.5) is 0 Å². The molecule has 0 saturated carbocycles. The Labute approximate surface area is 152 Å². The zero-order valence-electron chi connectivity index (χ0n) is 14.9. The van der Waals surface area contributed by atoms with Crippen molar-refractivity contribution in [2.75, 3.05) is 18.6 Å². The largest absolute Gasteiger partial charge is 0.337 e. The van der Waals surface area contributed by atoms with Crippen molar-refractivity contribution in [3.05, 3.63) is 38.8 Å². The summed E-state index contributed by atoms with van der Waals surface area (Å²) in [4.78, 5) is 15.1. The molecule has 1 atom stereocenters. The number of aryl methyl sites for hydroxylation is 2. The van der Waals surface area contributed by atoms with Gasteiger partial charge >= 0.3 is 0 Å². The lowest BCUT2D eigenvalue weighted by Gasteiger charge is -2.18. The van der Waals surface area contributed by atoms with Gasteiger partial charge in [0.15, 0.2) is 9.84 Å². The summed E-state index contributed by atoms with van der Waals surface area (Å²) >= 11 is 1.45. The number of hydrogen-bond acceptors (Lipinski definition) is 5. The van der Waals surface area contributed by atoms with Crippen molar-refractivity contribution in [1.29, 1.82) is 0 Å². The Morgan fingerprint density at radius 1 is 1.40 bits per heavy atom. The predicted octanol–water partition coefficient (Wildman–Crippen LogP) is 2.50. The highest BCUT2D eigenvalue weighted by molar-refractivity contribution is 7.91. The molecule has 0 aliphatic carbocycles. The highest BCUT2D eigenvalue weighted by atomic mass is 32.2. The molecule has 3 rings (SSSR count). The van der Waals surface area contributed by atoms with Crippen molar-refractivity contribution in [2.24, 2.45) is 0 Å². The molecule has 0 spiro atoms. The number of rotatable bonds is 4. The third-order valence-corrected chi connectivity index (χ3v) is 7.58. The molecule has 1 aliphatic rings. The average Bonchev–Trinajstić information content (AvgIpc) is 3.20. The van der Waals surface area contributed by atoms with Gasteiger partial charge in [0.25, 0.3) is 5.91 Å². The third-order valence-electron chi connectivity index (χ3n) is 4.83. The van der Waals surface area contributed by atoms with Crippen molar-refractivity contribution >= 4 is 27.1 Å². The second-order valence-electron chi connectivity index (χ2n) is 6.74. The van der Waals surface area contributed by atoms with E-state index in [-0.39, 0.29) is 23.5 Å².